The number of rotatable bonds is 11. The monoisotopic (exact) mass is 696 g/mol. The maximum absolute atomic E-state index is 15.4. The first-order valence-electron chi connectivity index (χ1n) is 16.2. The fourth-order valence-electron chi connectivity index (χ4n) is 7.14. The van der Waals surface area contributed by atoms with Crippen LogP contribution in [-0.4, -0.2) is 92.0 Å². The van der Waals surface area contributed by atoms with Crippen LogP contribution in [0.15, 0.2) is 36.4 Å². The lowest BCUT2D eigenvalue weighted by atomic mass is 9.82. The number of carbonyl (C=O) groups excluding carboxylic acids is 1. The van der Waals surface area contributed by atoms with Crippen molar-refractivity contribution in [2.45, 2.75) is 75.4 Å². The lowest BCUT2D eigenvalue weighted by molar-refractivity contribution is -0.121. The van der Waals surface area contributed by atoms with E-state index in [2.05, 4.69) is 10.6 Å². The van der Waals surface area contributed by atoms with E-state index in [1.165, 1.54) is 35.6 Å². The first kappa shape index (κ1) is 35.5. The third kappa shape index (κ3) is 8.61. The zero-order chi connectivity index (χ0) is 33.7. The fourth-order valence-corrected chi connectivity index (χ4v) is 9.06. The Balaban J connectivity index is 1.40. The smallest absolute Gasteiger partial charge is 0.407 e. The number of carboxylic acid groups (broad SMARTS) is 1. The molecule has 0 aliphatic carbocycles. The van der Waals surface area contributed by atoms with Crippen molar-refractivity contribution in [2.24, 2.45) is 5.92 Å². The molecule has 5 atom stereocenters. The van der Waals surface area contributed by atoms with Gasteiger partial charge in [0.05, 0.1) is 10.8 Å². The van der Waals surface area contributed by atoms with Gasteiger partial charge in [0.25, 0.3) is 0 Å². The number of ether oxygens (including phenoxy) is 1. The zero-order valence-electron chi connectivity index (χ0n) is 26.5. The largest absolute Gasteiger partial charge is 0.465 e. The quantitative estimate of drug-likeness (QED) is 0.294. The summed E-state index contributed by atoms with van der Waals surface area (Å²) in [5.41, 5.74) is 0.793. The molecule has 2 amide bonds. The second-order valence-corrected chi connectivity index (χ2v) is 15.3. The highest BCUT2D eigenvalue weighted by Gasteiger charge is 2.39. The summed E-state index contributed by atoms with van der Waals surface area (Å²) in [4.78, 5) is 27.4. The van der Waals surface area contributed by atoms with E-state index in [0.717, 1.165) is 24.2 Å². The Kier molecular flexibility index (Phi) is 11.8. The van der Waals surface area contributed by atoms with Crippen LogP contribution in [0.5, 0.6) is 0 Å². The summed E-state index contributed by atoms with van der Waals surface area (Å²) in [5, 5.41) is 16.2. The van der Waals surface area contributed by atoms with E-state index in [-0.39, 0.29) is 40.5 Å². The number of halogens is 3. The average molecular weight is 697 g/mol. The van der Waals surface area contributed by atoms with Gasteiger partial charge in [-0.05, 0) is 87.1 Å². The van der Waals surface area contributed by atoms with E-state index in [0.29, 0.717) is 63.5 Å². The van der Waals surface area contributed by atoms with Crippen LogP contribution in [-0.2, 0) is 26.0 Å². The van der Waals surface area contributed by atoms with E-state index in [9.17, 15) is 27.5 Å². The topological polar surface area (TPSA) is 128 Å². The molecule has 3 aliphatic rings. The first-order chi connectivity index (χ1) is 22.4. The summed E-state index contributed by atoms with van der Waals surface area (Å²) < 4.78 is 63.0. The highest BCUT2D eigenvalue weighted by Crippen LogP contribution is 2.35. The van der Waals surface area contributed by atoms with Crippen LogP contribution in [0, 0.1) is 17.6 Å². The molecule has 0 aromatic heterocycles. The SMILES string of the molecule is CN(C(=O)O)[C@H](C(=O)Nc1cccc(F)c1CCC1CNC2CCCS(=O)(=O)N1C2)[C@H](CCC1CCOCC1)c1ccc(Cl)c(F)c1. The lowest BCUT2D eigenvalue weighted by Gasteiger charge is -2.37. The molecule has 3 heterocycles. The molecular weight excluding hydrogens is 654 g/mol. The number of anilines is 1. The van der Waals surface area contributed by atoms with Crippen LogP contribution in [0.4, 0.5) is 19.3 Å². The molecule has 0 saturated carbocycles. The van der Waals surface area contributed by atoms with Crippen LogP contribution in [0.2, 0.25) is 5.02 Å². The summed E-state index contributed by atoms with van der Waals surface area (Å²) in [6.07, 6.45) is 3.17. The van der Waals surface area contributed by atoms with Crippen molar-refractivity contribution in [3.05, 3.63) is 64.2 Å². The van der Waals surface area contributed by atoms with Gasteiger partial charge >= 0.3 is 6.09 Å². The average Bonchev–Trinajstić information content (AvgIpc) is 3.16. The molecule has 0 spiro atoms. The van der Waals surface area contributed by atoms with Crippen molar-refractivity contribution in [1.82, 2.24) is 14.5 Å². The number of amides is 2. The van der Waals surface area contributed by atoms with Crippen LogP contribution < -0.4 is 10.6 Å². The second kappa shape index (κ2) is 15.6. The Bertz CT molecular complexity index is 1540. The van der Waals surface area contributed by atoms with E-state index in [1.807, 2.05) is 0 Å². The number of piperazine rings is 1. The molecule has 0 radical (unpaired) electrons. The number of hydrogen-bond donors (Lipinski definition) is 3. The van der Waals surface area contributed by atoms with Gasteiger partial charge in [-0.15, -0.1) is 0 Å². The number of benzene rings is 2. The molecule has 3 saturated heterocycles. The van der Waals surface area contributed by atoms with Crippen LogP contribution in [0.25, 0.3) is 0 Å². The minimum Gasteiger partial charge on any atom is -0.465 e. The number of fused-ring (bicyclic) bond motifs is 2. The van der Waals surface area contributed by atoms with Gasteiger partial charge in [0.2, 0.25) is 15.9 Å². The van der Waals surface area contributed by atoms with Crippen molar-refractivity contribution in [2.75, 3.05) is 44.4 Å². The third-order valence-corrected chi connectivity index (χ3v) is 12.1. The van der Waals surface area contributed by atoms with E-state index < -0.39 is 45.6 Å². The maximum Gasteiger partial charge on any atom is 0.407 e. The van der Waals surface area contributed by atoms with Crippen molar-refractivity contribution in [3.8, 4) is 0 Å². The molecule has 10 nitrogen and oxygen atoms in total. The van der Waals surface area contributed by atoms with Gasteiger partial charge in [0, 0.05) is 62.6 Å². The number of carbonyl (C=O) groups is 2. The molecule has 47 heavy (non-hydrogen) atoms. The minimum absolute atomic E-state index is 0.0778. The van der Waals surface area contributed by atoms with Crippen molar-refractivity contribution < 1.29 is 36.6 Å². The van der Waals surface area contributed by atoms with E-state index in [1.54, 1.807) is 12.1 Å². The Morgan fingerprint density at radius 3 is 2.64 bits per heavy atom. The molecule has 5 rings (SSSR count). The Morgan fingerprint density at radius 1 is 1.15 bits per heavy atom. The molecule has 14 heteroatoms. The van der Waals surface area contributed by atoms with Gasteiger partial charge in [-0.2, -0.15) is 4.31 Å². The Hall–Kier alpha value is -2.84. The number of nitrogens with one attached hydrogen (secondary N) is 2. The van der Waals surface area contributed by atoms with Crippen molar-refractivity contribution in [3.63, 3.8) is 0 Å². The normalized spacial score (nSPS) is 24.1. The number of hydrogen-bond acceptors (Lipinski definition) is 6. The molecule has 3 N–H and O–H groups in total. The Morgan fingerprint density at radius 2 is 1.91 bits per heavy atom. The standard InChI is InChI=1S/C33H43ClF2N4O6S/c1-39(33(42)43)31(25(10-7-21-13-15-46-16-14-21)22-8-12-27(34)29(36)18-22)32(41)38-30-6-2-5-28(35)26(30)11-9-24-19-37-23-4-3-17-47(44,45)40(24)20-23/h2,5-6,8,12,18,21,23-25,31,37H,3-4,7,9-11,13-17,19-20H2,1H3,(H,38,41)(H,42,43)/t23?,24?,25-,31+/m1/s1. The predicted molar refractivity (Wildman–Crippen MR) is 175 cm³/mol. The molecule has 2 aromatic rings. The van der Waals surface area contributed by atoms with Crippen LogP contribution in [0.1, 0.15) is 62.0 Å². The fraction of sp³-hybridized carbons (Fsp3) is 0.576. The first-order valence-corrected chi connectivity index (χ1v) is 18.2. The maximum atomic E-state index is 15.4. The number of sulfonamides is 1. The summed E-state index contributed by atoms with van der Waals surface area (Å²) in [6.45, 7) is 2.05. The molecule has 258 valence electrons. The molecule has 2 bridgehead atoms. The van der Waals surface area contributed by atoms with Crippen LogP contribution in [0.3, 0.4) is 0 Å². The molecule has 2 aromatic carbocycles. The third-order valence-electron chi connectivity index (χ3n) is 9.83. The van der Waals surface area contributed by atoms with Gasteiger partial charge in [-0.3, -0.25) is 9.69 Å². The molecular formula is C33H43ClF2N4O6S. The molecule has 3 fully saturated rings. The predicted octanol–water partition coefficient (Wildman–Crippen LogP) is 5.22. The highest BCUT2D eigenvalue weighted by atomic mass is 35.5. The second-order valence-electron chi connectivity index (χ2n) is 12.8. The van der Waals surface area contributed by atoms with Gasteiger partial charge in [0.1, 0.15) is 17.7 Å². The summed E-state index contributed by atoms with van der Waals surface area (Å²) >= 11 is 5.97. The van der Waals surface area contributed by atoms with Gasteiger partial charge in [0.15, 0.2) is 0 Å². The van der Waals surface area contributed by atoms with Crippen molar-refractivity contribution >= 4 is 39.3 Å². The Labute approximate surface area is 279 Å². The van der Waals surface area contributed by atoms with Crippen molar-refractivity contribution in [1.29, 1.82) is 0 Å². The molecule has 3 unspecified atom stereocenters. The minimum atomic E-state index is -3.44. The van der Waals surface area contributed by atoms with Gasteiger partial charge < -0.3 is 20.5 Å². The van der Waals surface area contributed by atoms with E-state index >= 15 is 4.39 Å². The van der Waals surface area contributed by atoms with Gasteiger partial charge in [-0.1, -0.05) is 23.7 Å². The lowest BCUT2D eigenvalue weighted by Crippen LogP contribution is -2.57. The summed E-state index contributed by atoms with van der Waals surface area (Å²) in [6, 6.07) is 6.92. The zero-order valence-corrected chi connectivity index (χ0v) is 28.0. The number of likely N-dealkylation sites (N-methyl/N-ethyl adjacent to an activating group) is 1. The highest BCUT2D eigenvalue weighted by molar-refractivity contribution is 7.89. The van der Waals surface area contributed by atoms with Crippen LogP contribution >= 0.6 is 11.6 Å². The summed E-state index contributed by atoms with van der Waals surface area (Å²) in [5.74, 6) is -2.30. The summed E-state index contributed by atoms with van der Waals surface area (Å²) in [7, 11) is -2.15. The van der Waals surface area contributed by atoms with E-state index in [4.69, 9.17) is 16.3 Å². The molecule has 3 aliphatic heterocycles. The van der Waals surface area contributed by atoms with Gasteiger partial charge in [-0.25, -0.2) is 22.0 Å². The number of nitrogens with zero attached hydrogens (tertiary/aromatic N) is 2.